The summed E-state index contributed by atoms with van der Waals surface area (Å²) in [4.78, 5) is 15.7. The Morgan fingerprint density at radius 3 is 2.78 bits per heavy atom. The van der Waals surface area contributed by atoms with Crippen LogP contribution in [0.15, 0.2) is 18.3 Å². The summed E-state index contributed by atoms with van der Waals surface area (Å²) in [6, 6.07) is 4.14. The summed E-state index contributed by atoms with van der Waals surface area (Å²) in [5.74, 6) is 0.275. The van der Waals surface area contributed by atoms with Gasteiger partial charge in [0.25, 0.3) is 0 Å². The average Bonchev–Trinajstić information content (AvgIpc) is 2.31. The van der Waals surface area contributed by atoms with E-state index in [4.69, 9.17) is 4.74 Å². The van der Waals surface area contributed by atoms with E-state index in [9.17, 15) is 4.79 Å². The van der Waals surface area contributed by atoms with Crippen LogP contribution in [-0.4, -0.2) is 23.6 Å². The summed E-state index contributed by atoms with van der Waals surface area (Å²) in [5.41, 5.74) is 1.65. The minimum Gasteiger partial charge on any atom is -0.466 e. The lowest BCUT2D eigenvalue weighted by Gasteiger charge is -2.20. The second-order valence-electron chi connectivity index (χ2n) is 4.66. The summed E-state index contributed by atoms with van der Waals surface area (Å²) < 4.78 is 4.95. The molecule has 1 aromatic heterocycles. The summed E-state index contributed by atoms with van der Waals surface area (Å²) in [7, 11) is 0. The quantitative estimate of drug-likeness (QED) is 0.789. The minimum absolute atomic E-state index is 0.210. The number of esters is 1. The van der Waals surface area contributed by atoms with Crippen molar-refractivity contribution in [3.05, 3.63) is 24.0 Å². The molecule has 1 aromatic rings. The minimum atomic E-state index is -0.239. The molecule has 0 saturated carbocycles. The van der Waals surface area contributed by atoms with Crippen LogP contribution in [0.3, 0.4) is 0 Å². The number of anilines is 1. The van der Waals surface area contributed by atoms with Crippen LogP contribution in [0.2, 0.25) is 0 Å². The SMILES string of the molecule is CCOC(=O)Cc1ncccc1NC(C)C(C)C. The van der Waals surface area contributed by atoms with Gasteiger partial charge in [-0.05, 0) is 31.9 Å². The predicted octanol–water partition coefficient (Wildman–Crippen LogP) is 2.64. The van der Waals surface area contributed by atoms with E-state index in [1.807, 2.05) is 12.1 Å². The Bertz CT molecular complexity index is 391. The normalized spacial score (nSPS) is 12.3. The summed E-state index contributed by atoms with van der Waals surface area (Å²) in [6.45, 7) is 8.62. The van der Waals surface area contributed by atoms with E-state index in [0.717, 1.165) is 11.4 Å². The number of hydrogen-bond donors (Lipinski definition) is 1. The van der Waals surface area contributed by atoms with E-state index in [2.05, 4.69) is 31.1 Å². The van der Waals surface area contributed by atoms with Gasteiger partial charge >= 0.3 is 5.97 Å². The Hall–Kier alpha value is -1.58. The molecule has 1 rings (SSSR count). The fourth-order valence-electron chi connectivity index (χ4n) is 1.47. The fraction of sp³-hybridized carbons (Fsp3) is 0.571. The Balaban J connectivity index is 2.76. The summed E-state index contributed by atoms with van der Waals surface area (Å²) in [6.07, 6.45) is 1.90. The molecule has 18 heavy (non-hydrogen) atoms. The predicted molar refractivity (Wildman–Crippen MR) is 72.5 cm³/mol. The highest BCUT2D eigenvalue weighted by Gasteiger charge is 2.13. The highest BCUT2D eigenvalue weighted by atomic mass is 16.5. The van der Waals surface area contributed by atoms with Gasteiger partial charge in [0.2, 0.25) is 0 Å². The highest BCUT2D eigenvalue weighted by molar-refractivity contribution is 5.74. The van der Waals surface area contributed by atoms with Crippen molar-refractivity contribution in [2.24, 2.45) is 5.92 Å². The van der Waals surface area contributed by atoms with Crippen molar-refractivity contribution in [1.29, 1.82) is 0 Å². The maximum absolute atomic E-state index is 11.5. The number of hydrogen-bond acceptors (Lipinski definition) is 4. The second-order valence-corrected chi connectivity index (χ2v) is 4.66. The topological polar surface area (TPSA) is 51.2 Å². The number of nitrogens with one attached hydrogen (secondary N) is 1. The molecule has 0 amide bonds. The molecule has 4 heteroatoms. The van der Waals surface area contributed by atoms with E-state index < -0.39 is 0 Å². The lowest BCUT2D eigenvalue weighted by atomic mass is 10.1. The van der Waals surface area contributed by atoms with Crippen molar-refractivity contribution < 1.29 is 9.53 Å². The average molecular weight is 250 g/mol. The zero-order chi connectivity index (χ0) is 13.5. The van der Waals surface area contributed by atoms with Gasteiger partial charge in [-0.15, -0.1) is 0 Å². The molecule has 0 aliphatic heterocycles. The maximum Gasteiger partial charge on any atom is 0.311 e. The first-order valence-corrected chi connectivity index (χ1v) is 6.40. The van der Waals surface area contributed by atoms with Gasteiger partial charge in [0, 0.05) is 12.2 Å². The van der Waals surface area contributed by atoms with Crippen molar-refractivity contribution in [3.63, 3.8) is 0 Å². The Labute approximate surface area is 109 Å². The molecule has 100 valence electrons. The third-order valence-electron chi connectivity index (χ3n) is 2.89. The van der Waals surface area contributed by atoms with Gasteiger partial charge in [0.15, 0.2) is 0 Å². The molecule has 0 aromatic carbocycles. The second kappa shape index (κ2) is 6.99. The van der Waals surface area contributed by atoms with Crippen molar-refractivity contribution in [3.8, 4) is 0 Å². The third-order valence-corrected chi connectivity index (χ3v) is 2.89. The van der Waals surface area contributed by atoms with Gasteiger partial charge in [-0.25, -0.2) is 0 Å². The van der Waals surface area contributed by atoms with Gasteiger partial charge in [0.1, 0.15) is 0 Å². The number of carbonyl (C=O) groups excluding carboxylic acids is 1. The molecule has 0 fully saturated rings. The van der Waals surface area contributed by atoms with Crippen molar-refractivity contribution >= 4 is 11.7 Å². The number of nitrogens with zero attached hydrogens (tertiary/aromatic N) is 1. The van der Waals surface area contributed by atoms with E-state index in [0.29, 0.717) is 18.6 Å². The van der Waals surface area contributed by atoms with Crippen LogP contribution >= 0.6 is 0 Å². The zero-order valence-electron chi connectivity index (χ0n) is 11.6. The van der Waals surface area contributed by atoms with Crippen LogP contribution in [-0.2, 0) is 16.0 Å². The van der Waals surface area contributed by atoms with Gasteiger partial charge in [0.05, 0.1) is 24.4 Å². The fourth-order valence-corrected chi connectivity index (χ4v) is 1.47. The van der Waals surface area contributed by atoms with Gasteiger partial charge in [-0.1, -0.05) is 13.8 Å². The van der Waals surface area contributed by atoms with Gasteiger partial charge in [-0.3, -0.25) is 9.78 Å². The first-order valence-electron chi connectivity index (χ1n) is 6.40. The van der Waals surface area contributed by atoms with E-state index in [1.165, 1.54) is 0 Å². The summed E-state index contributed by atoms with van der Waals surface area (Å²) in [5, 5.41) is 3.39. The molecule has 4 nitrogen and oxygen atoms in total. The van der Waals surface area contributed by atoms with Crippen LogP contribution < -0.4 is 5.32 Å². The molecule has 0 radical (unpaired) electrons. The smallest absolute Gasteiger partial charge is 0.311 e. The van der Waals surface area contributed by atoms with E-state index in [1.54, 1.807) is 13.1 Å². The zero-order valence-corrected chi connectivity index (χ0v) is 11.6. The largest absolute Gasteiger partial charge is 0.466 e. The van der Waals surface area contributed by atoms with Gasteiger partial charge in [-0.2, -0.15) is 0 Å². The van der Waals surface area contributed by atoms with Gasteiger partial charge < -0.3 is 10.1 Å². The molecular weight excluding hydrogens is 228 g/mol. The first-order chi connectivity index (χ1) is 8.54. The molecule has 1 heterocycles. The number of ether oxygens (including phenoxy) is 1. The van der Waals surface area contributed by atoms with E-state index in [-0.39, 0.29) is 12.4 Å². The van der Waals surface area contributed by atoms with Crippen molar-refractivity contribution in [1.82, 2.24) is 4.98 Å². The van der Waals surface area contributed by atoms with E-state index >= 15 is 0 Å². The van der Waals surface area contributed by atoms with Crippen molar-refractivity contribution in [2.75, 3.05) is 11.9 Å². The molecule has 0 spiro atoms. The lowest BCUT2D eigenvalue weighted by Crippen LogP contribution is -2.23. The Kier molecular flexibility index (Phi) is 5.62. The molecule has 0 saturated heterocycles. The number of pyridine rings is 1. The summed E-state index contributed by atoms with van der Waals surface area (Å²) >= 11 is 0. The molecule has 1 unspecified atom stereocenters. The highest BCUT2D eigenvalue weighted by Crippen LogP contribution is 2.17. The number of carbonyl (C=O) groups is 1. The Morgan fingerprint density at radius 1 is 1.44 bits per heavy atom. The van der Waals surface area contributed by atoms with Crippen molar-refractivity contribution in [2.45, 2.75) is 40.2 Å². The van der Waals surface area contributed by atoms with Crippen LogP contribution in [0.1, 0.15) is 33.4 Å². The Morgan fingerprint density at radius 2 is 2.17 bits per heavy atom. The molecule has 0 bridgehead atoms. The molecule has 1 atom stereocenters. The van der Waals surface area contributed by atoms with Crippen LogP contribution in [0.5, 0.6) is 0 Å². The van der Waals surface area contributed by atoms with Crippen LogP contribution in [0, 0.1) is 5.92 Å². The number of rotatable bonds is 6. The third kappa shape index (κ3) is 4.35. The molecule has 0 aliphatic carbocycles. The molecular formula is C14H22N2O2. The van der Waals surface area contributed by atoms with Crippen LogP contribution in [0.25, 0.3) is 0 Å². The molecule has 1 N–H and O–H groups in total. The maximum atomic E-state index is 11.5. The molecule has 0 aliphatic rings. The first kappa shape index (κ1) is 14.5. The van der Waals surface area contributed by atoms with Crippen LogP contribution in [0.4, 0.5) is 5.69 Å². The monoisotopic (exact) mass is 250 g/mol. The standard InChI is InChI=1S/C14H22N2O2/c1-5-18-14(17)9-13-12(7-6-8-15-13)16-11(4)10(2)3/h6-8,10-11,16H,5,9H2,1-4H3. The number of aromatic nitrogens is 1. The lowest BCUT2D eigenvalue weighted by molar-refractivity contribution is -0.142.